The van der Waals surface area contributed by atoms with Crippen molar-refractivity contribution in [2.75, 3.05) is 0 Å². The number of amides is 2. The summed E-state index contributed by atoms with van der Waals surface area (Å²) in [6.45, 7) is 0. The van der Waals surface area contributed by atoms with Gasteiger partial charge in [-0.3, -0.25) is 9.59 Å². The first kappa shape index (κ1) is 16.6. The Kier molecular flexibility index (Phi) is 6.85. The highest BCUT2D eigenvalue weighted by molar-refractivity contribution is 5.86. The number of carbonyl (C=O) groups is 3. The van der Waals surface area contributed by atoms with Crippen molar-refractivity contribution in [1.29, 1.82) is 0 Å². The molecule has 16 heavy (non-hydrogen) atoms. The van der Waals surface area contributed by atoms with E-state index in [0.29, 0.717) is 0 Å². The van der Waals surface area contributed by atoms with E-state index in [1.165, 1.54) is 0 Å². The van der Waals surface area contributed by atoms with Crippen molar-refractivity contribution in [1.82, 2.24) is 0 Å². The zero-order chi connectivity index (χ0) is 13.5. The van der Waals surface area contributed by atoms with E-state index in [1.54, 1.807) is 0 Å². The van der Waals surface area contributed by atoms with Gasteiger partial charge in [0.25, 0.3) is 0 Å². The average molecular weight is 245 g/mol. The van der Waals surface area contributed by atoms with Crippen LogP contribution >= 0.6 is 0 Å². The fourth-order valence-electron chi connectivity index (χ4n) is 0.317. The largest absolute Gasteiger partial charge is 0.490 e. The van der Waals surface area contributed by atoms with Gasteiger partial charge in [0.05, 0.1) is 12.5 Å². The SMILES string of the molecule is NC(=O)C[C@H](N)C(N)=O.O=C(O)C(F)(F)F. The van der Waals surface area contributed by atoms with Crippen molar-refractivity contribution in [3.05, 3.63) is 0 Å². The number of nitrogens with two attached hydrogens (primary N) is 3. The summed E-state index contributed by atoms with van der Waals surface area (Å²) < 4.78 is 31.7. The quantitative estimate of drug-likeness (QED) is 0.467. The number of rotatable bonds is 3. The van der Waals surface area contributed by atoms with Gasteiger partial charge in [0.15, 0.2) is 0 Å². The van der Waals surface area contributed by atoms with Gasteiger partial charge < -0.3 is 22.3 Å². The molecule has 0 aliphatic rings. The molecule has 0 rings (SSSR count). The van der Waals surface area contributed by atoms with Crippen molar-refractivity contribution >= 4 is 17.8 Å². The number of carboxylic acids is 1. The Hall–Kier alpha value is -1.84. The van der Waals surface area contributed by atoms with E-state index in [4.69, 9.17) is 27.1 Å². The maximum Gasteiger partial charge on any atom is 0.490 e. The number of halogens is 3. The van der Waals surface area contributed by atoms with Crippen LogP contribution in [0.4, 0.5) is 13.2 Å². The van der Waals surface area contributed by atoms with Crippen LogP contribution in [-0.4, -0.2) is 35.1 Å². The summed E-state index contributed by atoms with van der Waals surface area (Å²) in [5.41, 5.74) is 14.5. The van der Waals surface area contributed by atoms with Crippen molar-refractivity contribution in [2.45, 2.75) is 18.6 Å². The van der Waals surface area contributed by atoms with Crippen molar-refractivity contribution < 1.29 is 32.7 Å². The lowest BCUT2D eigenvalue weighted by Gasteiger charge is -2.01. The highest BCUT2D eigenvalue weighted by atomic mass is 19.4. The smallest absolute Gasteiger partial charge is 0.475 e. The molecule has 0 fully saturated rings. The van der Waals surface area contributed by atoms with E-state index < -0.39 is 30.0 Å². The van der Waals surface area contributed by atoms with Crippen LogP contribution < -0.4 is 17.2 Å². The maximum atomic E-state index is 10.6. The van der Waals surface area contributed by atoms with E-state index >= 15 is 0 Å². The number of alkyl halides is 3. The summed E-state index contributed by atoms with van der Waals surface area (Å²) in [4.78, 5) is 29.1. The van der Waals surface area contributed by atoms with Crippen LogP contribution in [0.2, 0.25) is 0 Å². The van der Waals surface area contributed by atoms with Crippen LogP contribution in [0.15, 0.2) is 0 Å². The van der Waals surface area contributed by atoms with Gasteiger partial charge in [0, 0.05) is 0 Å². The standard InChI is InChI=1S/C4H9N3O2.C2HF3O2/c5-2(4(7)9)1-3(6)8;3-2(4,5)1(6)7/h2H,1,5H2,(H2,6,8)(H2,7,9);(H,6,7)/t2-;/m0./s1. The third kappa shape index (κ3) is 10.2. The first-order valence-electron chi connectivity index (χ1n) is 3.61. The molecule has 0 aromatic heterocycles. The van der Waals surface area contributed by atoms with Crippen molar-refractivity contribution in [3.8, 4) is 0 Å². The molecule has 0 aliphatic heterocycles. The monoisotopic (exact) mass is 245 g/mol. The van der Waals surface area contributed by atoms with Gasteiger partial charge >= 0.3 is 12.1 Å². The van der Waals surface area contributed by atoms with Crippen molar-refractivity contribution in [3.63, 3.8) is 0 Å². The lowest BCUT2D eigenvalue weighted by atomic mass is 10.2. The lowest BCUT2D eigenvalue weighted by Crippen LogP contribution is -2.39. The Bertz CT molecular complexity index is 279. The molecule has 0 radical (unpaired) electrons. The molecule has 2 amide bonds. The van der Waals surface area contributed by atoms with Crippen LogP contribution in [0, 0.1) is 0 Å². The Labute approximate surface area is 87.4 Å². The maximum absolute atomic E-state index is 10.6. The van der Waals surface area contributed by atoms with E-state index in [0.717, 1.165) is 0 Å². The zero-order valence-electron chi connectivity index (χ0n) is 7.82. The normalized spacial score (nSPS) is 12.0. The molecule has 10 heteroatoms. The molecule has 0 unspecified atom stereocenters. The Morgan fingerprint density at radius 2 is 1.50 bits per heavy atom. The van der Waals surface area contributed by atoms with E-state index in [1.807, 2.05) is 0 Å². The molecular formula is C6H10F3N3O4. The number of hydrogen-bond acceptors (Lipinski definition) is 4. The molecule has 7 nitrogen and oxygen atoms in total. The summed E-state index contributed by atoms with van der Waals surface area (Å²) in [7, 11) is 0. The first-order chi connectivity index (χ1) is 6.98. The predicted molar refractivity (Wildman–Crippen MR) is 44.7 cm³/mol. The number of hydrogen-bond donors (Lipinski definition) is 4. The minimum Gasteiger partial charge on any atom is -0.475 e. The summed E-state index contributed by atoms with van der Waals surface area (Å²) in [5.74, 6) is -4.09. The molecule has 0 bridgehead atoms. The van der Waals surface area contributed by atoms with Crippen LogP contribution in [0.5, 0.6) is 0 Å². The van der Waals surface area contributed by atoms with Gasteiger partial charge in [-0.25, -0.2) is 4.79 Å². The topological polar surface area (TPSA) is 149 Å². The summed E-state index contributed by atoms with van der Waals surface area (Å²) in [5, 5.41) is 7.12. The van der Waals surface area contributed by atoms with Gasteiger partial charge in [-0.15, -0.1) is 0 Å². The fourth-order valence-corrected chi connectivity index (χ4v) is 0.317. The third-order valence-corrected chi connectivity index (χ3v) is 1.03. The predicted octanol–water partition coefficient (Wildman–Crippen LogP) is -1.69. The number of aliphatic carboxylic acids is 1. The van der Waals surface area contributed by atoms with Crippen LogP contribution in [0.25, 0.3) is 0 Å². The Morgan fingerprint density at radius 1 is 1.19 bits per heavy atom. The molecule has 0 aliphatic carbocycles. The first-order valence-corrected chi connectivity index (χ1v) is 3.61. The molecule has 0 aromatic rings. The highest BCUT2D eigenvalue weighted by Gasteiger charge is 2.38. The summed E-state index contributed by atoms with van der Waals surface area (Å²) >= 11 is 0. The molecule has 0 heterocycles. The van der Waals surface area contributed by atoms with E-state index in [2.05, 4.69) is 0 Å². The number of carbonyl (C=O) groups excluding carboxylic acids is 2. The summed E-state index contributed by atoms with van der Waals surface area (Å²) in [6, 6.07) is -0.942. The second kappa shape index (κ2) is 6.61. The van der Waals surface area contributed by atoms with Crippen molar-refractivity contribution in [2.24, 2.45) is 17.2 Å². The van der Waals surface area contributed by atoms with Crippen LogP contribution in [0.1, 0.15) is 6.42 Å². The molecule has 94 valence electrons. The van der Waals surface area contributed by atoms with Crippen LogP contribution in [-0.2, 0) is 14.4 Å². The summed E-state index contributed by atoms with van der Waals surface area (Å²) in [6.07, 6.45) is -5.27. The van der Waals surface area contributed by atoms with Gasteiger partial charge in [-0.2, -0.15) is 13.2 Å². The molecule has 7 N–H and O–H groups in total. The Balaban J connectivity index is 0. The second-order valence-corrected chi connectivity index (χ2v) is 2.48. The third-order valence-electron chi connectivity index (χ3n) is 1.03. The minimum atomic E-state index is -5.08. The number of carboxylic acid groups (broad SMARTS) is 1. The Morgan fingerprint density at radius 3 is 1.56 bits per heavy atom. The van der Waals surface area contributed by atoms with Gasteiger partial charge in [0.1, 0.15) is 0 Å². The zero-order valence-corrected chi connectivity index (χ0v) is 7.82. The molecule has 0 saturated carbocycles. The van der Waals surface area contributed by atoms with E-state index in [-0.39, 0.29) is 6.42 Å². The van der Waals surface area contributed by atoms with Gasteiger partial charge in [-0.1, -0.05) is 0 Å². The van der Waals surface area contributed by atoms with Gasteiger partial charge in [0.2, 0.25) is 11.8 Å². The molecular weight excluding hydrogens is 235 g/mol. The molecule has 0 aromatic carbocycles. The lowest BCUT2D eigenvalue weighted by molar-refractivity contribution is -0.192. The average Bonchev–Trinajstić information content (AvgIpc) is 2.01. The molecule has 0 spiro atoms. The van der Waals surface area contributed by atoms with Crippen LogP contribution in [0.3, 0.4) is 0 Å². The molecule has 0 saturated heterocycles. The second-order valence-electron chi connectivity index (χ2n) is 2.48. The molecule has 1 atom stereocenters. The highest BCUT2D eigenvalue weighted by Crippen LogP contribution is 2.13. The number of primary amides is 2. The minimum absolute atomic E-state index is 0.185. The van der Waals surface area contributed by atoms with Gasteiger partial charge in [-0.05, 0) is 0 Å². The van der Waals surface area contributed by atoms with E-state index in [9.17, 15) is 22.8 Å². The fraction of sp³-hybridized carbons (Fsp3) is 0.500.